The first-order valence-electron chi connectivity index (χ1n) is 27.5. The molecule has 416 valence electrons. The molecule has 12 nitrogen and oxygen atoms in total. The molecule has 4 aliphatic carbocycles. The van der Waals surface area contributed by atoms with E-state index in [1.54, 1.807) is 146 Å². The van der Waals surface area contributed by atoms with Gasteiger partial charge < -0.3 is 18.9 Å². The molecule has 8 aromatic carbocycles. The van der Waals surface area contributed by atoms with Crippen molar-refractivity contribution in [3.8, 4) is 0 Å². The second-order valence-electron chi connectivity index (χ2n) is 21.2. The summed E-state index contributed by atoms with van der Waals surface area (Å²) in [5.74, 6) is -6.81. The highest BCUT2D eigenvalue weighted by molar-refractivity contribution is 7.16. The van der Waals surface area contributed by atoms with Gasteiger partial charge in [0.1, 0.15) is 26.4 Å². The first kappa shape index (κ1) is 53.5. The minimum Gasteiger partial charge on any atom is -0.459 e. The van der Waals surface area contributed by atoms with E-state index in [1.165, 1.54) is 24.3 Å². The van der Waals surface area contributed by atoms with Gasteiger partial charge in [-0.1, -0.05) is 170 Å². The lowest BCUT2D eigenvalue weighted by Crippen LogP contribution is -2.45. The molecule has 0 atom stereocenters. The van der Waals surface area contributed by atoms with Crippen molar-refractivity contribution in [1.82, 2.24) is 0 Å². The molecule has 0 fully saturated rings. The van der Waals surface area contributed by atoms with Gasteiger partial charge in [-0.05, 0) is 92.3 Å². The number of hydrogen-bond donors (Lipinski definition) is 0. The van der Waals surface area contributed by atoms with E-state index in [4.69, 9.17) is 18.9 Å². The number of ether oxygens (including phenoxy) is 4. The van der Waals surface area contributed by atoms with E-state index in [9.17, 15) is 19.2 Å². The van der Waals surface area contributed by atoms with Crippen LogP contribution < -0.4 is 0 Å². The summed E-state index contributed by atoms with van der Waals surface area (Å²) >= 11 is 1.87. The smallest absolute Gasteiger partial charge is 0.333 e. The number of carbonyl (C=O) groups is 8. The summed E-state index contributed by atoms with van der Waals surface area (Å²) < 4.78 is 25.3. The van der Waals surface area contributed by atoms with Gasteiger partial charge in [0.15, 0.2) is 23.1 Å². The predicted molar refractivity (Wildman–Crippen MR) is 325 cm³/mol. The molecule has 0 amide bonds. The highest BCUT2D eigenvalue weighted by Crippen LogP contribution is 2.68. The Hall–Kier alpha value is -10.5. The molecule has 0 spiro atoms. The number of ketones is 4. The lowest BCUT2D eigenvalue weighted by molar-refractivity contribution is -0.165. The first-order chi connectivity index (χ1) is 41.9. The average molecular weight is 1170 g/mol. The van der Waals surface area contributed by atoms with Crippen molar-refractivity contribution in [1.29, 1.82) is 0 Å². The predicted octanol–water partition coefficient (Wildman–Crippen LogP) is 13.4. The van der Waals surface area contributed by atoms with Crippen LogP contribution in [0.25, 0.3) is 44.8 Å². The summed E-state index contributed by atoms with van der Waals surface area (Å²) in [7, 11) is 0. The number of rotatable bonds is 14. The lowest BCUT2D eigenvalue weighted by atomic mass is 9.76. The Morgan fingerprint density at radius 1 is 0.337 bits per heavy atom. The van der Waals surface area contributed by atoms with E-state index >= 15 is 19.2 Å². The van der Waals surface area contributed by atoms with E-state index in [-0.39, 0.29) is 102 Å². The van der Waals surface area contributed by atoms with Crippen LogP contribution in [0.1, 0.15) is 94.3 Å². The second-order valence-corrected chi connectivity index (χ2v) is 23.4. The third kappa shape index (κ3) is 8.63. The number of benzene rings is 8. The van der Waals surface area contributed by atoms with Gasteiger partial charge in [0.25, 0.3) is 0 Å². The maximum Gasteiger partial charge on any atom is 0.333 e. The van der Waals surface area contributed by atoms with E-state index in [2.05, 4.69) is 0 Å². The molecule has 14 rings (SSSR count). The highest BCUT2D eigenvalue weighted by Gasteiger charge is 2.72. The van der Waals surface area contributed by atoms with Crippen LogP contribution in [-0.4, -0.2) is 47.0 Å². The quantitative estimate of drug-likeness (QED) is 0.0332. The fourth-order valence-corrected chi connectivity index (χ4v) is 14.5. The molecule has 2 heterocycles. The van der Waals surface area contributed by atoms with Gasteiger partial charge in [-0.2, -0.15) is 0 Å². The monoisotopic (exact) mass is 1160 g/mol. The van der Waals surface area contributed by atoms with Gasteiger partial charge in [0, 0.05) is 64.0 Å². The minimum absolute atomic E-state index is 0.0570. The Morgan fingerprint density at radius 3 is 0.837 bits per heavy atom. The Bertz CT molecular complexity index is 4160. The van der Waals surface area contributed by atoms with Crippen LogP contribution in [0.2, 0.25) is 0 Å². The van der Waals surface area contributed by atoms with E-state index in [0.29, 0.717) is 22.3 Å². The highest BCUT2D eigenvalue weighted by atomic mass is 32.1. The number of thiophene rings is 2. The second kappa shape index (κ2) is 21.3. The molecule has 0 bridgehead atoms. The fraction of sp³-hybridized carbons (Fsp3) is 0.0833. The summed E-state index contributed by atoms with van der Waals surface area (Å²) in [6.45, 7) is -1.39. The maximum absolute atomic E-state index is 16.2. The van der Waals surface area contributed by atoms with Crippen molar-refractivity contribution in [2.24, 2.45) is 0 Å². The van der Waals surface area contributed by atoms with Crippen molar-refractivity contribution in [2.75, 3.05) is 0 Å². The van der Waals surface area contributed by atoms with Crippen molar-refractivity contribution in [2.45, 2.75) is 37.3 Å². The van der Waals surface area contributed by atoms with Crippen molar-refractivity contribution < 1.29 is 57.3 Å². The Morgan fingerprint density at radius 2 is 0.581 bits per heavy atom. The first-order valence-corrected chi connectivity index (χ1v) is 29.1. The van der Waals surface area contributed by atoms with Crippen LogP contribution in [0, 0.1) is 0 Å². The Labute approximate surface area is 498 Å². The molecular weight excluding hydrogens is 1120 g/mol. The van der Waals surface area contributed by atoms with Gasteiger partial charge in [0.2, 0.25) is 10.8 Å². The zero-order valence-corrected chi connectivity index (χ0v) is 47.0. The number of carbonyl (C=O) groups excluding carboxylic acids is 8. The van der Waals surface area contributed by atoms with Gasteiger partial charge in [-0.15, -0.1) is 22.7 Å². The number of hydrogen-bond acceptors (Lipinski definition) is 14. The molecule has 0 unspecified atom stereocenters. The third-order valence-corrected chi connectivity index (χ3v) is 18.3. The largest absolute Gasteiger partial charge is 0.459 e. The van der Waals surface area contributed by atoms with Crippen LogP contribution in [0.3, 0.4) is 0 Å². The van der Waals surface area contributed by atoms with Gasteiger partial charge in [0.05, 0.1) is 11.1 Å². The SMILES string of the molecule is O=C1C(=Cc2cc3c(s2)C2=C(c4sc(C=C5C(=O)c6cc7ccccc7cc6C5=O)cc4C2(C(=O)OCc2ccccc2)C(=O)OCc2ccccc2)C3(C(=O)OCc2ccccc2)C(=O)OCc2ccccc2)C(=O)c2cc3ccccc3cc21. The molecule has 4 aliphatic rings. The molecule has 2 aromatic heterocycles. The fourth-order valence-electron chi connectivity index (χ4n) is 12.0. The molecule has 86 heavy (non-hydrogen) atoms. The molecular formula is C72H44O12S2. The lowest BCUT2D eigenvalue weighted by Gasteiger charge is -2.29. The van der Waals surface area contributed by atoms with Gasteiger partial charge in [-0.3, -0.25) is 38.4 Å². The van der Waals surface area contributed by atoms with Crippen molar-refractivity contribution in [3.63, 3.8) is 0 Å². The van der Waals surface area contributed by atoms with Crippen molar-refractivity contribution in [3.05, 3.63) is 293 Å². The van der Waals surface area contributed by atoms with Crippen LogP contribution in [0.15, 0.2) is 217 Å². The number of Topliss-reactive ketones (excluding diaryl/α,β-unsaturated/α-hetero) is 4. The third-order valence-electron chi connectivity index (χ3n) is 16.1. The molecule has 0 saturated heterocycles. The van der Waals surface area contributed by atoms with Crippen LogP contribution in [0.4, 0.5) is 0 Å². The zero-order chi connectivity index (χ0) is 58.8. The Balaban J connectivity index is 1.02. The Kier molecular flexibility index (Phi) is 13.2. The number of allylic oxidation sites excluding steroid dienone is 2. The molecule has 0 N–H and O–H groups in total. The molecule has 14 heteroatoms. The maximum atomic E-state index is 16.2. The molecule has 0 aliphatic heterocycles. The van der Waals surface area contributed by atoms with Crippen LogP contribution >= 0.6 is 22.7 Å². The number of fused-ring (bicyclic) bond motifs is 8. The van der Waals surface area contributed by atoms with E-state index in [1.807, 2.05) is 48.5 Å². The molecule has 0 saturated carbocycles. The molecule has 10 aromatic rings. The summed E-state index contributed by atoms with van der Waals surface area (Å²) in [6, 6.07) is 59.5. The summed E-state index contributed by atoms with van der Waals surface area (Å²) in [5, 5.41) is 3.00. The summed E-state index contributed by atoms with van der Waals surface area (Å²) in [5.41, 5.74) is -3.20. The molecule has 0 radical (unpaired) electrons. The summed E-state index contributed by atoms with van der Waals surface area (Å²) in [6.07, 6.45) is 2.78. The standard InChI is InChI=1S/C72H44O12S2/c73-61-51-29-45-25-13-14-26-46(45)30-52(51)62(74)55(61)33-49-35-57-65(85-49)60-59(71(57,67(77)81-37-41-17-5-1-6-18-41)68(78)82-38-42-19-7-2-8-20-42)66-58(36-50(86-66)34-56-63(75)53-31-47-27-15-16-28-48(47)32-54(53)64(56)76)72(60,69(79)83-39-43-21-9-3-10-22-43)70(80)84-40-44-23-11-4-12-24-44/h1-36H,37-40H2. The topological polar surface area (TPSA) is 173 Å². The van der Waals surface area contributed by atoms with Gasteiger partial charge in [-0.25, -0.2) is 0 Å². The van der Waals surface area contributed by atoms with Gasteiger partial charge >= 0.3 is 23.9 Å². The zero-order valence-electron chi connectivity index (χ0n) is 45.3. The minimum atomic E-state index is -2.69. The van der Waals surface area contributed by atoms with Crippen molar-refractivity contribution >= 4 is 115 Å². The summed E-state index contributed by atoms with van der Waals surface area (Å²) in [4.78, 5) is 123. The normalized spacial score (nSPS) is 14.8. The van der Waals surface area contributed by atoms with Crippen LogP contribution in [-0.2, 0) is 75.4 Å². The average Bonchev–Trinajstić information content (AvgIpc) is 1.49. The number of esters is 4. The van der Waals surface area contributed by atoms with E-state index in [0.717, 1.165) is 44.2 Å². The van der Waals surface area contributed by atoms with Crippen LogP contribution in [0.5, 0.6) is 0 Å². The van der Waals surface area contributed by atoms with E-state index < -0.39 is 57.8 Å².